The second kappa shape index (κ2) is 7.01. The van der Waals surface area contributed by atoms with Crippen LogP contribution in [-0.4, -0.2) is 36.8 Å². The van der Waals surface area contributed by atoms with Gasteiger partial charge in [-0.3, -0.25) is 0 Å². The molecular weight excluding hydrogens is 382 g/mol. The summed E-state index contributed by atoms with van der Waals surface area (Å²) < 4.78 is 27.6. The fourth-order valence-electron chi connectivity index (χ4n) is 2.13. The van der Waals surface area contributed by atoms with Gasteiger partial charge in [0.2, 0.25) is 10.0 Å². The summed E-state index contributed by atoms with van der Waals surface area (Å²) in [5, 5.41) is 0.388. The first-order valence-electron chi connectivity index (χ1n) is 6.45. The number of hydrogen-bond acceptors (Lipinski definition) is 3. The smallest absolute Gasteiger partial charge is 0.207 e. The Balaban J connectivity index is 2.30. The Kier molecular flexibility index (Phi) is 5.82. The minimum absolute atomic E-state index is 0.327. The second-order valence-electron chi connectivity index (χ2n) is 4.66. The molecule has 1 atom stereocenters. The van der Waals surface area contributed by atoms with Crippen LogP contribution in [0.2, 0.25) is 0 Å². The van der Waals surface area contributed by atoms with E-state index < -0.39 is 10.0 Å². The summed E-state index contributed by atoms with van der Waals surface area (Å²) >= 11 is 11.0. The third-order valence-electron chi connectivity index (χ3n) is 3.33. The van der Waals surface area contributed by atoms with Gasteiger partial charge in [-0.25, -0.2) is 8.42 Å². The molecule has 0 aromatic heterocycles. The maximum atomic E-state index is 12.7. The van der Waals surface area contributed by atoms with E-state index in [2.05, 4.69) is 22.9 Å². The minimum atomic E-state index is -3.43. The van der Waals surface area contributed by atoms with Crippen molar-refractivity contribution in [1.29, 1.82) is 0 Å². The van der Waals surface area contributed by atoms with Crippen molar-refractivity contribution < 1.29 is 8.42 Å². The Morgan fingerprint density at radius 3 is 2.85 bits per heavy atom. The van der Waals surface area contributed by atoms with E-state index in [0.29, 0.717) is 33.6 Å². The first-order chi connectivity index (χ1) is 9.48. The van der Waals surface area contributed by atoms with E-state index in [9.17, 15) is 8.42 Å². The van der Waals surface area contributed by atoms with Crippen molar-refractivity contribution >= 4 is 49.3 Å². The number of hydrogen-bond donors (Lipinski definition) is 0. The summed E-state index contributed by atoms with van der Waals surface area (Å²) in [6.07, 6.45) is 0.989. The highest BCUT2D eigenvalue weighted by atomic mass is 79.9. The van der Waals surface area contributed by atoms with Gasteiger partial charge in [0.25, 0.3) is 0 Å². The zero-order valence-electron chi connectivity index (χ0n) is 11.2. The van der Waals surface area contributed by atoms with Crippen LogP contribution in [0.3, 0.4) is 0 Å². The first kappa shape index (κ1) is 16.6. The van der Waals surface area contributed by atoms with Crippen LogP contribution >= 0.6 is 39.3 Å². The Morgan fingerprint density at radius 2 is 2.25 bits per heavy atom. The molecule has 1 heterocycles. The molecule has 7 heteroatoms. The Hall–Kier alpha value is 0.250. The van der Waals surface area contributed by atoms with E-state index in [0.717, 1.165) is 17.7 Å². The standard InChI is InChI=1S/C13H17BrClNO2S2/c1-2-11-9-16(5-6-19-11)20(17,18)13-4-3-10(8-15)7-12(13)14/h3-4,7,11H,2,5-6,8-9H2,1H3. The third kappa shape index (κ3) is 3.53. The molecule has 0 saturated carbocycles. The molecule has 112 valence electrons. The SMILES string of the molecule is CCC1CN(S(=O)(=O)c2ccc(CCl)cc2Br)CCS1. The van der Waals surface area contributed by atoms with E-state index >= 15 is 0 Å². The van der Waals surface area contributed by atoms with E-state index in [-0.39, 0.29) is 0 Å². The third-order valence-corrected chi connectivity index (χ3v) is 7.85. The number of benzene rings is 1. The van der Waals surface area contributed by atoms with Crippen molar-refractivity contribution in [3.63, 3.8) is 0 Å². The lowest BCUT2D eigenvalue weighted by Gasteiger charge is -2.31. The summed E-state index contributed by atoms with van der Waals surface area (Å²) in [5.74, 6) is 1.23. The van der Waals surface area contributed by atoms with Crippen molar-refractivity contribution in [2.75, 3.05) is 18.8 Å². The summed E-state index contributed by atoms with van der Waals surface area (Å²) in [7, 11) is -3.43. The van der Waals surface area contributed by atoms with Crippen LogP contribution in [0.4, 0.5) is 0 Å². The average Bonchev–Trinajstić information content (AvgIpc) is 2.46. The lowest BCUT2D eigenvalue weighted by Crippen LogP contribution is -2.41. The van der Waals surface area contributed by atoms with Gasteiger partial charge in [0.1, 0.15) is 0 Å². The maximum Gasteiger partial charge on any atom is 0.244 e. The van der Waals surface area contributed by atoms with Crippen LogP contribution in [0.25, 0.3) is 0 Å². The molecule has 1 aromatic carbocycles. The fraction of sp³-hybridized carbons (Fsp3) is 0.538. The van der Waals surface area contributed by atoms with Gasteiger partial charge in [-0.05, 0) is 40.0 Å². The summed E-state index contributed by atoms with van der Waals surface area (Å²) in [5.41, 5.74) is 0.901. The summed E-state index contributed by atoms with van der Waals surface area (Å²) in [6.45, 7) is 3.26. The van der Waals surface area contributed by atoms with E-state index in [1.807, 2.05) is 11.8 Å². The molecule has 1 unspecified atom stereocenters. The lowest BCUT2D eigenvalue weighted by molar-refractivity contribution is 0.415. The molecule has 1 fully saturated rings. The van der Waals surface area contributed by atoms with Crippen molar-refractivity contribution in [3.8, 4) is 0 Å². The molecule has 1 aliphatic rings. The fourth-order valence-corrected chi connectivity index (χ4v) is 6.26. The average molecular weight is 399 g/mol. The van der Waals surface area contributed by atoms with E-state index in [1.165, 1.54) is 0 Å². The Labute approximate surface area is 138 Å². The molecular formula is C13H17BrClNO2S2. The highest BCUT2D eigenvalue weighted by Crippen LogP contribution is 2.30. The molecule has 0 amide bonds. The highest BCUT2D eigenvalue weighted by molar-refractivity contribution is 9.10. The van der Waals surface area contributed by atoms with E-state index in [4.69, 9.17) is 11.6 Å². The quantitative estimate of drug-likeness (QED) is 0.726. The zero-order valence-corrected chi connectivity index (χ0v) is 15.2. The van der Waals surface area contributed by atoms with Gasteiger partial charge < -0.3 is 0 Å². The van der Waals surface area contributed by atoms with Gasteiger partial charge in [0.05, 0.1) is 4.90 Å². The number of halogens is 2. The summed E-state index contributed by atoms with van der Waals surface area (Å²) in [6, 6.07) is 5.18. The molecule has 1 saturated heterocycles. The van der Waals surface area contributed by atoms with Gasteiger partial charge >= 0.3 is 0 Å². The molecule has 1 aliphatic heterocycles. The number of sulfonamides is 1. The molecule has 0 N–H and O–H groups in total. The van der Waals surface area contributed by atoms with Gasteiger partial charge in [0.15, 0.2) is 0 Å². The molecule has 1 aromatic rings. The van der Waals surface area contributed by atoms with Crippen molar-refractivity contribution in [2.45, 2.75) is 29.4 Å². The molecule has 0 radical (unpaired) electrons. The van der Waals surface area contributed by atoms with Gasteiger partial charge in [-0.15, -0.1) is 11.6 Å². The normalized spacial score (nSPS) is 21.1. The molecule has 20 heavy (non-hydrogen) atoms. The molecule has 2 rings (SSSR count). The summed E-state index contributed by atoms with van der Waals surface area (Å²) in [4.78, 5) is 0.327. The lowest BCUT2D eigenvalue weighted by atomic mass is 10.2. The molecule has 0 aliphatic carbocycles. The van der Waals surface area contributed by atoms with Crippen molar-refractivity contribution in [3.05, 3.63) is 28.2 Å². The van der Waals surface area contributed by atoms with Gasteiger partial charge in [-0.2, -0.15) is 16.1 Å². The van der Waals surface area contributed by atoms with Crippen molar-refractivity contribution in [1.82, 2.24) is 4.31 Å². The molecule has 0 spiro atoms. The first-order valence-corrected chi connectivity index (χ1v) is 10.3. The monoisotopic (exact) mass is 397 g/mol. The van der Waals surface area contributed by atoms with Gasteiger partial charge in [0, 0.05) is 34.4 Å². The predicted molar refractivity (Wildman–Crippen MR) is 89.0 cm³/mol. The second-order valence-corrected chi connectivity index (χ2v) is 9.10. The minimum Gasteiger partial charge on any atom is -0.207 e. The van der Waals surface area contributed by atoms with Crippen LogP contribution in [0.5, 0.6) is 0 Å². The number of alkyl halides is 1. The van der Waals surface area contributed by atoms with Crippen LogP contribution < -0.4 is 0 Å². The maximum absolute atomic E-state index is 12.7. The highest BCUT2D eigenvalue weighted by Gasteiger charge is 2.31. The van der Waals surface area contributed by atoms with Gasteiger partial charge in [-0.1, -0.05) is 13.0 Å². The van der Waals surface area contributed by atoms with Crippen LogP contribution in [0, 0.1) is 0 Å². The van der Waals surface area contributed by atoms with Crippen LogP contribution in [0.15, 0.2) is 27.6 Å². The zero-order chi connectivity index (χ0) is 14.8. The molecule has 0 bridgehead atoms. The Morgan fingerprint density at radius 1 is 1.50 bits per heavy atom. The van der Waals surface area contributed by atoms with Crippen LogP contribution in [0.1, 0.15) is 18.9 Å². The molecule has 3 nitrogen and oxygen atoms in total. The van der Waals surface area contributed by atoms with Crippen LogP contribution in [-0.2, 0) is 15.9 Å². The largest absolute Gasteiger partial charge is 0.244 e. The topological polar surface area (TPSA) is 37.4 Å². The number of rotatable bonds is 4. The van der Waals surface area contributed by atoms with Crippen molar-refractivity contribution in [2.24, 2.45) is 0 Å². The Bertz CT molecular complexity index is 580. The predicted octanol–water partition coefficient (Wildman–Crippen LogP) is 3.70. The number of thioether (sulfide) groups is 1. The van der Waals surface area contributed by atoms with E-state index in [1.54, 1.807) is 22.5 Å². The number of nitrogens with zero attached hydrogens (tertiary/aromatic N) is 1.